The average molecular weight is 319 g/mol. The summed E-state index contributed by atoms with van der Waals surface area (Å²) in [4.78, 5) is 23.5. The highest BCUT2D eigenvalue weighted by atomic mass is 16.5. The highest BCUT2D eigenvalue weighted by Gasteiger charge is 2.23. The van der Waals surface area contributed by atoms with Crippen molar-refractivity contribution in [2.24, 2.45) is 5.92 Å². The zero-order chi connectivity index (χ0) is 16.8. The van der Waals surface area contributed by atoms with Crippen molar-refractivity contribution in [2.45, 2.75) is 26.4 Å². The van der Waals surface area contributed by atoms with Gasteiger partial charge >= 0.3 is 5.97 Å². The van der Waals surface area contributed by atoms with Gasteiger partial charge < -0.3 is 19.6 Å². The Morgan fingerprint density at radius 1 is 1.35 bits per heavy atom. The maximum Gasteiger partial charge on any atom is 0.308 e. The van der Waals surface area contributed by atoms with Crippen LogP contribution in [0.15, 0.2) is 28.7 Å². The number of hydrogen-bond donors (Lipinski definition) is 2. The van der Waals surface area contributed by atoms with Crippen LogP contribution in [0.2, 0.25) is 0 Å². The van der Waals surface area contributed by atoms with E-state index in [2.05, 4.69) is 5.32 Å². The maximum absolute atomic E-state index is 12.4. The Labute approximate surface area is 134 Å². The number of hydrogen-bond acceptors (Lipinski definition) is 4. The number of furan rings is 1. The van der Waals surface area contributed by atoms with E-state index < -0.39 is 17.8 Å². The number of carboxylic acid groups (broad SMARTS) is 1. The summed E-state index contributed by atoms with van der Waals surface area (Å²) in [7, 11) is 1.55. The van der Waals surface area contributed by atoms with Crippen LogP contribution in [-0.4, -0.2) is 30.6 Å². The van der Waals surface area contributed by atoms with Crippen LogP contribution in [0.3, 0.4) is 0 Å². The van der Waals surface area contributed by atoms with Crippen LogP contribution in [0.5, 0.6) is 0 Å². The molecule has 0 saturated heterocycles. The molecule has 1 unspecified atom stereocenters. The summed E-state index contributed by atoms with van der Waals surface area (Å²) in [5.41, 5.74) is 1.27. The van der Waals surface area contributed by atoms with Gasteiger partial charge in [0.2, 0.25) is 0 Å². The van der Waals surface area contributed by atoms with E-state index in [1.165, 1.54) is 0 Å². The van der Waals surface area contributed by atoms with E-state index >= 15 is 0 Å². The van der Waals surface area contributed by atoms with Crippen molar-refractivity contribution in [1.82, 2.24) is 5.32 Å². The predicted octanol–water partition coefficient (Wildman–Crippen LogP) is 2.81. The number of benzene rings is 1. The summed E-state index contributed by atoms with van der Waals surface area (Å²) < 4.78 is 10.8. The minimum atomic E-state index is -0.908. The van der Waals surface area contributed by atoms with Crippen molar-refractivity contribution in [3.05, 3.63) is 35.6 Å². The molecule has 0 radical (unpaired) electrons. The molecule has 124 valence electrons. The molecule has 2 N–H and O–H groups in total. The molecule has 6 heteroatoms. The minimum absolute atomic E-state index is 0.0749. The second-order valence-electron chi connectivity index (χ2n) is 5.37. The predicted molar refractivity (Wildman–Crippen MR) is 85.3 cm³/mol. The highest BCUT2D eigenvalue weighted by molar-refractivity contribution is 5.99. The SMILES string of the molecule is CCCC(CNC(=O)c1oc2ccccc2c1COC)C(=O)O. The van der Waals surface area contributed by atoms with Gasteiger partial charge in [0.1, 0.15) is 5.58 Å². The fourth-order valence-electron chi connectivity index (χ4n) is 2.53. The molecule has 1 aromatic heterocycles. The summed E-state index contributed by atoms with van der Waals surface area (Å²) in [6.07, 6.45) is 1.26. The molecule has 0 fully saturated rings. The zero-order valence-electron chi connectivity index (χ0n) is 13.3. The second-order valence-corrected chi connectivity index (χ2v) is 5.37. The summed E-state index contributed by atoms with van der Waals surface area (Å²) in [5, 5.41) is 12.6. The van der Waals surface area contributed by atoms with Crippen molar-refractivity contribution in [2.75, 3.05) is 13.7 Å². The van der Waals surface area contributed by atoms with E-state index in [0.717, 1.165) is 11.8 Å². The first kappa shape index (κ1) is 17.0. The lowest BCUT2D eigenvalue weighted by atomic mass is 10.0. The van der Waals surface area contributed by atoms with Gasteiger partial charge in [-0.2, -0.15) is 0 Å². The third-order valence-electron chi connectivity index (χ3n) is 3.69. The first-order chi connectivity index (χ1) is 11.1. The van der Waals surface area contributed by atoms with Gasteiger partial charge in [0.15, 0.2) is 5.76 Å². The number of methoxy groups -OCH3 is 1. The number of carboxylic acids is 1. The Kier molecular flexibility index (Phi) is 5.76. The van der Waals surface area contributed by atoms with Crippen LogP contribution < -0.4 is 5.32 Å². The van der Waals surface area contributed by atoms with Crippen molar-refractivity contribution in [1.29, 1.82) is 0 Å². The number of carbonyl (C=O) groups is 2. The number of para-hydroxylation sites is 1. The standard InChI is InChI=1S/C17H21NO5/c1-3-6-11(17(20)21)9-18-16(19)15-13(10-22-2)12-7-4-5-8-14(12)23-15/h4-5,7-8,11H,3,6,9-10H2,1-2H3,(H,18,19)(H,20,21). The second kappa shape index (κ2) is 7.78. The van der Waals surface area contributed by atoms with E-state index in [4.69, 9.17) is 14.3 Å². The van der Waals surface area contributed by atoms with Gasteiger partial charge in [-0.05, 0) is 12.5 Å². The average Bonchev–Trinajstić information content (AvgIpc) is 2.90. The largest absolute Gasteiger partial charge is 0.481 e. The van der Waals surface area contributed by atoms with Crippen LogP contribution in [-0.2, 0) is 16.1 Å². The van der Waals surface area contributed by atoms with Crippen molar-refractivity contribution >= 4 is 22.8 Å². The molecule has 1 heterocycles. The lowest BCUT2D eigenvalue weighted by Gasteiger charge is -2.12. The molecule has 0 aliphatic carbocycles. The van der Waals surface area contributed by atoms with E-state index in [9.17, 15) is 9.59 Å². The summed E-state index contributed by atoms with van der Waals surface area (Å²) in [6, 6.07) is 7.33. The molecular formula is C17H21NO5. The quantitative estimate of drug-likeness (QED) is 0.781. The Balaban J connectivity index is 2.20. The molecule has 1 aromatic carbocycles. The van der Waals surface area contributed by atoms with Gasteiger partial charge in [-0.25, -0.2) is 0 Å². The lowest BCUT2D eigenvalue weighted by molar-refractivity contribution is -0.141. The molecule has 0 spiro atoms. The first-order valence-electron chi connectivity index (χ1n) is 7.58. The summed E-state index contributed by atoms with van der Waals surface area (Å²) in [5.74, 6) is -1.75. The van der Waals surface area contributed by atoms with Gasteiger partial charge in [0.25, 0.3) is 5.91 Å². The maximum atomic E-state index is 12.4. The fourth-order valence-corrected chi connectivity index (χ4v) is 2.53. The molecule has 6 nitrogen and oxygen atoms in total. The Morgan fingerprint density at radius 2 is 2.09 bits per heavy atom. The number of amides is 1. The van der Waals surface area contributed by atoms with Crippen LogP contribution in [0.4, 0.5) is 0 Å². The molecule has 0 bridgehead atoms. The van der Waals surface area contributed by atoms with Crippen molar-refractivity contribution in [3.63, 3.8) is 0 Å². The zero-order valence-corrected chi connectivity index (χ0v) is 13.3. The Morgan fingerprint density at radius 3 is 2.74 bits per heavy atom. The normalized spacial score (nSPS) is 12.3. The van der Waals surface area contributed by atoms with E-state index in [1.54, 1.807) is 13.2 Å². The van der Waals surface area contributed by atoms with Gasteiger partial charge in [-0.15, -0.1) is 0 Å². The highest BCUT2D eigenvalue weighted by Crippen LogP contribution is 2.26. The molecule has 1 atom stereocenters. The number of rotatable bonds is 8. The Hall–Kier alpha value is -2.34. The molecule has 2 aromatic rings. The van der Waals surface area contributed by atoms with Crippen LogP contribution in [0.1, 0.15) is 35.9 Å². The third kappa shape index (κ3) is 3.90. The van der Waals surface area contributed by atoms with Crippen LogP contribution >= 0.6 is 0 Å². The minimum Gasteiger partial charge on any atom is -0.481 e. The van der Waals surface area contributed by atoms with Gasteiger partial charge in [0, 0.05) is 24.6 Å². The molecule has 2 rings (SSSR count). The van der Waals surface area contributed by atoms with Gasteiger partial charge in [-0.3, -0.25) is 9.59 Å². The Bertz CT molecular complexity index is 691. The van der Waals surface area contributed by atoms with E-state index in [1.807, 2.05) is 25.1 Å². The smallest absolute Gasteiger partial charge is 0.308 e. The van der Waals surface area contributed by atoms with Crippen LogP contribution in [0.25, 0.3) is 11.0 Å². The van der Waals surface area contributed by atoms with Crippen LogP contribution in [0, 0.1) is 5.92 Å². The number of fused-ring (bicyclic) bond motifs is 1. The molecule has 23 heavy (non-hydrogen) atoms. The molecule has 0 saturated carbocycles. The number of aliphatic carboxylic acids is 1. The number of ether oxygens (including phenoxy) is 1. The number of nitrogens with one attached hydrogen (secondary N) is 1. The third-order valence-corrected chi connectivity index (χ3v) is 3.69. The lowest BCUT2D eigenvalue weighted by Crippen LogP contribution is -2.33. The number of carbonyl (C=O) groups excluding carboxylic acids is 1. The fraction of sp³-hybridized carbons (Fsp3) is 0.412. The molecular weight excluding hydrogens is 298 g/mol. The summed E-state index contributed by atoms with van der Waals surface area (Å²) in [6.45, 7) is 2.23. The van der Waals surface area contributed by atoms with Gasteiger partial charge in [0.05, 0.1) is 12.5 Å². The molecule has 0 aliphatic heterocycles. The first-order valence-corrected chi connectivity index (χ1v) is 7.58. The van der Waals surface area contributed by atoms with Crippen molar-refractivity contribution in [3.8, 4) is 0 Å². The summed E-state index contributed by atoms with van der Waals surface area (Å²) >= 11 is 0. The topological polar surface area (TPSA) is 88.8 Å². The monoisotopic (exact) mass is 319 g/mol. The van der Waals surface area contributed by atoms with E-state index in [-0.39, 0.29) is 18.9 Å². The van der Waals surface area contributed by atoms with Crippen molar-refractivity contribution < 1.29 is 23.8 Å². The van der Waals surface area contributed by atoms with Gasteiger partial charge in [-0.1, -0.05) is 31.5 Å². The molecule has 1 amide bonds. The van der Waals surface area contributed by atoms with E-state index in [0.29, 0.717) is 17.6 Å². The molecule has 0 aliphatic rings.